The lowest BCUT2D eigenvalue weighted by Gasteiger charge is -2.35. The quantitative estimate of drug-likeness (QED) is 0.684. The van der Waals surface area contributed by atoms with E-state index in [9.17, 15) is 5.11 Å². The van der Waals surface area contributed by atoms with Gasteiger partial charge in [0.15, 0.2) is 0 Å². The average molecular weight is 229 g/mol. The molecule has 3 heteroatoms. The number of rotatable bonds is 6. The summed E-state index contributed by atoms with van der Waals surface area (Å²) < 4.78 is 5.44. The Morgan fingerprint density at radius 3 is 2.88 bits per heavy atom. The van der Waals surface area contributed by atoms with Gasteiger partial charge in [-0.25, -0.2) is 0 Å². The summed E-state index contributed by atoms with van der Waals surface area (Å²) in [6.45, 7) is 8.57. The van der Waals surface area contributed by atoms with Crippen molar-refractivity contribution in [3.05, 3.63) is 0 Å². The smallest absolute Gasteiger partial charge is 0.0774 e. The van der Waals surface area contributed by atoms with Gasteiger partial charge in [-0.15, -0.1) is 0 Å². The molecule has 2 unspecified atom stereocenters. The predicted octanol–water partition coefficient (Wildman–Crippen LogP) is 1.94. The lowest BCUT2D eigenvalue weighted by molar-refractivity contribution is -0.0136. The van der Waals surface area contributed by atoms with E-state index >= 15 is 0 Å². The third kappa shape index (κ3) is 5.28. The fourth-order valence-corrected chi connectivity index (χ4v) is 2.48. The summed E-state index contributed by atoms with van der Waals surface area (Å²) in [5, 5.41) is 13.6. The molecule has 0 heterocycles. The number of nitrogens with one attached hydrogen (secondary N) is 1. The van der Waals surface area contributed by atoms with E-state index in [1.807, 2.05) is 13.8 Å². The Hall–Kier alpha value is -0.120. The van der Waals surface area contributed by atoms with Crippen LogP contribution in [-0.4, -0.2) is 36.5 Å². The van der Waals surface area contributed by atoms with Crippen LogP contribution in [0.5, 0.6) is 0 Å². The molecule has 0 amide bonds. The first-order valence-electron chi connectivity index (χ1n) is 6.56. The van der Waals surface area contributed by atoms with Gasteiger partial charge in [0.1, 0.15) is 0 Å². The molecule has 3 nitrogen and oxygen atoms in total. The van der Waals surface area contributed by atoms with E-state index in [1.165, 1.54) is 6.42 Å². The van der Waals surface area contributed by atoms with Crippen LogP contribution in [0.2, 0.25) is 0 Å². The Labute approximate surface area is 99.6 Å². The highest BCUT2D eigenvalue weighted by Crippen LogP contribution is 2.31. The molecule has 2 atom stereocenters. The van der Waals surface area contributed by atoms with Crippen molar-refractivity contribution in [1.82, 2.24) is 5.32 Å². The van der Waals surface area contributed by atoms with E-state index in [-0.39, 0.29) is 0 Å². The fourth-order valence-electron chi connectivity index (χ4n) is 2.48. The Morgan fingerprint density at radius 1 is 1.50 bits per heavy atom. The normalized spacial score (nSPS) is 30.9. The first kappa shape index (κ1) is 13.9. The van der Waals surface area contributed by atoms with Crippen molar-refractivity contribution in [3.8, 4) is 0 Å². The summed E-state index contributed by atoms with van der Waals surface area (Å²) in [5.41, 5.74) is -0.477. The van der Waals surface area contributed by atoms with Crippen LogP contribution in [0.3, 0.4) is 0 Å². The molecule has 0 spiro atoms. The third-order valence-electron chi connectivity index (χ3n) is 3.25. The van der Waals surface area contributed by atoms with E-state index in [0.29, 0.717) is 18.6 Å². The summed E-state index contributed by atoms with van der Waals surface area (Å²) >= 11 is 0. The zero-order valence-electron chi connectivity index (χ0n) is 11.0. The van der Waals surface area contributed by atoms with Gasteiger partial charge in [0.25, 0.3) is 0 Å². The van der Waals surface area contributed by atoms with Gasteiger partial charge in [0.05, 0.1) is 18.3 Å². The SMILES string of the molecule is CC1CCCC(O)(CNCCOC(C)C)C1. The van der Waals surface area contributed by atoms with Gasteiger partial charge in [0, 0.05) is 13.1 Å². The second-order valence-electron chi connectivity index (χ2n) is 5.52. The standard InChI is InChI=1S/C13H27NO2/c1-11(2)16-8-7-14-10-13(15)6-4-5-12(3)9-13/h11-12,14-15H,4-10H2,1-3H3. The van der Waals surface area contributed by atoms with Crippen molar-refractivity contribution in [1.29, 1.82) is 0 Å². The van der Waals surface area contributed by atoms with Gasteiger partial charge in [-0.3, -0.25) is 0 Å². The van der Waals surface area contributed by atoms with Crippen LogP contribution in [0.1, 0.15) is 46.5 Å². The number of ether oxygens (including phenoxy) is 1. The van der Waals surface area contributed by atoms with Crippen LogP contribution in [0.25, 0.3) is 0 Å². The Kier molecular flexibility index (Phi) is 5.73. The van der Waals surface area contributed by atoms with Gasteiger partial charge in [-0.1, -0.05) is 19.8 Å². The molecule has 16 heavy (non-hydrogen) atoms. The van der Waals surface area contributed by atoms with E-state index in [1.54, 1.807) is 0 Å². The molecular formula is C13H27NO2. The maximum atomic E-state index is 10.3. The zero-order chi connectivity index (χ0) is 12.0. The van der Waals surface area contributed by atoms with E-state index in [2.05, 4.69) is 12.2 Å². The predicted molar refractivity (Wildman–Crippen MR) is 66.5 cm³/mol. The Balaban J connectivity index is 2.11. The van der Waals surface area contributed by atoms with E-state index < -0.39 is 5.60 Å². The molecule has 0 aliphatic heterocycles. The molecule has 0 saturated heterocycles. The molecule has 0 radical (unpaired) electrons. The van der Waals surface area contributed by atoms with Gasteiger partial charge in [0.2, 0.25) is 0 Å². The van der Waals surface area contributed by atoms with Crippen LogP contribution in [-0.2, 0) is 4.74 Å². The van der Waals surface area contributed by atoms with Gasteiger partial charge in [-0.2, -0.15) is 0 Å². The highest BCUT2D eigenvalue weighted by molar-refractivity contribution is 4.86. The topological polar surface area (TPSA) is 41.5 Å². The van der Waals surface area contributed by atoms with E-state index in [0.717, 1.165) is 32.4 Å². The van der Waals surface area contributed by atoms with Gasteiger partial charge in [-0.05, 0) is 32.6 Å². The minimum Gasteiger partial charge on any atom is -0.389 e. The molecule has 1 aliphatic rings. The fraction of sp³-hybridized carbons (Fsp3) is 1.00. The van der Waals surface area contributed by atoms with Crippen molar-refractivity contribution in [2.75, 3.05) is 19.7 Å². The lowest BCUT2D eigenvalue weighted by atomic mass is 9.79. The van der Waals surface area contributed by atoms with Crippen molar-refractivity contribution in [3.63, 3.8) is 0 Å². The zero-order valence-corrected chi connectivity index (χ0v) is 11.0. The summed E-state index contributed by atoms with van der Waals surface area (Å²) in [6, 6.07) is 0. The summed E-state index contributed by atoms with van der Waals surface area (Å²) in [4.78, 5) is 0. The second-order valence-corrected chi connectivity index (χ2v) is 5.52. The van der Waals surface area contributed by atoms with Gasteiger partial charge >= 0.3 is 0 Å². The first-order valence-corrected chi connectivity index (χ1v) is 6.56. The van der Waals surface area contributed by atoms with Crippen molar-refractivity contribution in [2.45, 2.75) is 58.2 Å². The summed E-state index contributed by atoms with van der Waals surface area (Å²) in [6.07, 6.45) is 4.58. The minimum absolute atomic E-state index is 0.291. The molecule has 0 aromatic rings. The molecule has 0 aromatic carbocycles. The molecule has 2 N–H and O–H groups in total. The second kappa shape index (κ2) is 6.58. The van der Waals surface area contributed by atoms with Crippen molar-refractivity contribution in [2.24, 2.45) is 5.92 Å². The summed E-state index contributed by atoms with van der Waals surface area (Å²) in [7, 11) is 0. The molecular weight excluding hydrogens is 202 g/mol. The monoisotopic (exact) mass is 229 g/mol. The Morgan fingerprint density at radius 2 is 2.25 bits per heavy atom. The largest absolute Gasteiger partial charge is 0.389 e. The number of aliphatic hydroxyl groups is 1. The molecule has 0 bridgehead atoms. The number of hydrogen-bond donors (Lipinski definition) is 2. The summed E-state index contributed by atoms with van der Waals surface area (Å²) in [5.74, 6) is 0.660. The van der Waals surface area contributed by atoms with Crippen molar-refractivity contribution < 1.29 is 9.84 Å². The van der Waals surface area contributed by atoms with Gasteiger partial charge < -0.3 is 15.2 Å². The molecule has 96 valence electrons. The van der Waals surface area contributed by atoms with Crippen LogP contribution >= 0.6 is 0 Å². The Bertz CT molecular complexity index is 196. The lowest BCUT2D eigenvalue weighted by Crippen LogP contribution is -2.44. The molecule has 1 fully saturated rings. The first-order chi connectivity index (χ1) is 7.52. The van der Waals surface area contributed by atoms with Crippen LogP contribution in [0.15, 0.2) is 0 Å². The highest BCUT2D eigenvalue weighted by atomic mass is 16.5. The molecule has 1 rings (SSSR count). The molecule has 0 aromatic heterocycles. The minimum atomic E-state index is -0.477. The maximum Gasteiger partial charge on any atom is 0.0774 e. The van der Waals surface area contributed by atoms with E-state index in [4.69, 9.17) is 4.74 Å². The maximum absolute atomic E-state index is 10.3. The van der Waals surface area contributed by atoms with Crippen LogP contribution < -0.4 is 5.32 Å². The highest BCUT2D eigenvalue weighted by Gasteiger charge is 2.31. The van der Waals surface area contributed by atoms with Crippen LogP contribution in [0, 0.1) is 5.92 Å². The number of hydrogen-bond acceptors (Lipinski definition) is 3. The molecule has 1 aliphatic carbocycles. The van der Waals surface area contributed by atoms with Crippen molar-refractivity contribution >= 4 is 0 Å². The third-order valence-corrected chi connectivity index (χ3v) is 3.25. The van der Waals surface area contributed by atoms with Crippen LogP contribution in [0.4, 0.5) is 0 Å². The molecule has 1 saturated carbocycles. The average Bonchev–Trinajstić information content (AvgIpc) is 2.16.